The van der Waals surface area contributed by atoms with E-state index in [1.165, 1.54) is 0 Å². The van der Waals surface area contributed by atoms with Crippen molar-refractivity contribution in [2.45, 2.75) is 30.2 Å². The minimum Gasteiger partial charge on any atom is -0.394 e. The van der Waals surface area contributed by atoms with Gasteiger partial charge in [-0.05, 0) is 38.1 Å². The maximum Gasteiger partial charge on any atom is 0.0735 e. The second-order valence-corrected chi connectivity index (χ2v) is 5.52. The lowest BCUT2D eigenvalue weighted by Gasteiger charge is -2.04. The van der Waals surface area contributed by atoms with Crippen LogP contribution in [0.4, 0.5) is 0 Å². The van der Waals surface area contributed by atoms with Crippen LogP contribution >= 0.6 is 23.4 Å². The van der Waals surface area contributed by atoms with Gasteiger partial charge in [0, 0.05) is 15.6 Å². The average molecular weight is 283 g/mol. The molecule has 0 aliphatic heterocycles. The topological polar surface area (TPSA) is 38.0 Å². The van der Waals surface area contributed by atoms with Crippen LogP contribution in [0.15, 0.2) is 34.1 Å². The van der Waals surface area contributed by atoms with Gasteiger partial charge in [-0.25, -0.2) is 0 Å². The molecule has 1 N–H and O–H groups in total. The Morgan fingerprint density at radius 2 is 1.94 bits per heavy atom. The maximum absolute atomic E-state index is 8.98. The molecule has 0 aliphatic rings. The standard InChI is InChI=1S/C13H15ClN2OS/c1-9-13(10(2)16(15-9)7-8-17)18-12-5-3-11(14)4-6-12/h3-6,17H,7-8H2,1-2H3. The van der Waals surface area contributed by atoms with Gasteiger partial charge in [-0.3, -0.25) is 4.68 Å². The van der Waals surface area contributed by atoms with E-state index in [1.54, 1.807) is 11.8 Å². The van der Waals surface area contributed by atoms with E-state index >= 15 is 0 Å². The quantitative estimate of drug-likeness (QED) is 0.935. The van der Waals surface area contributed by atoms with Crippen LogP contribution < -0.4 is 0 Å². The first-order valence-corrected chi connectivity index (χ1v) is 6.89. The Labute approximate surface area is 116 Å². The van der Waals surface area contributed by atoms with Crippen LogP contribution in [-0.2, 0) is 6.54 Å². The van der Waals surface area contributed by atoms with Crippen molar-refractivity contribution in [3.05, 3.63) is 40.7 Å². The summed E-state index contributed by atoms with van der Waals surface area (Å²) in [7, 11) is 0. The monoisotopic (exact) mass is 282 g/mol. The predicted molar refractivity (Wildman–Crippen MR) is 74.4 cm³/mol. The summed E-state index contributed by atoms with van der Waals surface area (Å²) >= 11 is 7.54. The minimum absolute atomic E-state index is 0.104. The highest BCUT2D eigenvalue weighted by Gasteiger charge is 2.12. The van der Waals surface area contributed by atoms with E-state index in [1.807, 2.05) is 42.8 Å². The Kier molecular flexibility index (Phi) is 4.32. The Hall–Kier alpha value is -0.970. The third-order valence-electron chi connectivity index (χ3n) is 2.66. The molecule has 0 spiro atoms. The van der Waals surface area contributed by atoms with Gasteiger partial charge in [0.1, 0.15) is 0 Å². The molecule has 18 heavy (non-hydrogen) atoms. The molecule has 3 nitrogen and oxygen atoms in total. The van der Waals surface area contributed by atoms with Crippen LogP contribution in [-0.4, -0.2) is 21.5 Å². The second kappa shape index (κ2) is 5.78. The number of halogens is 1. The van der Waals surface area contributed by atoms with E-state index in [4.69, 9.17) is 16.7 Å². The van der Waals surface area contributed by atoms with Crippen molar-refractivity contribution in [2.75, 3.05) is 6.61 Å². The summed E-state index contributed by atoms with van der Waals surface area (Å²) in [5.41, 5.74) is 2.07. The number of aliphatic hydroxyl groups excluding tert-OH is 1. The molecule has 1 aromatic carbocycles. The van der Waals surface area contributed by atoms with E-state index < -0.39 is 0 Å². The van der Waals surface area contributed by atoms with E-state index in [-0.39, 0.29) is 6.61 Å². The largest absolute Gasteiger partial charge is 0.394 e. The fourth-order valence-electron chi connectivity index (χ4n) is 1.76. The van der Waals surface area contributed by atoms with Gasteiger partial charge in [0.25, 0.3) is 0 Å². The van der Waals surface area contributed by atoms with Gasteiger partial charge in [-0.1, -0.05) is 23.4 Å². The highest BCUT2D eigenvalue weighted by Crippen LogP contribution is 2.33. The molecule has 0 atom stereocenters. The molecule has 5 heteroatoms. The van der Waals surface area contributed by atoms with Crippen LogP contribution in [0.25, 0.3) is 0 Å². The summed E-state index contributed by atoms with van der Waals surface area (Å²) in [4.78, 5) is 2.28. The summed E-state index contributed by atoms with van der Waals surface area (Å²) in [5, 5.41) is 14.1. The van der Waals surface area contributed by atoms with Crippen molar-refractivity contribution in [1.82, 2.24) is 9.78 Å². The van der Waals surface area contributed by atoms with Crippen molar-refractivity contribution < 1.29 is 5.11 Å². The van der Waals surface area contributed by atoms with Gasteiger partial charge in [0.15, 0.2) is 0 Å². The molecule has 0 aliphatic carbocycles. The molecule has 0 amide bonds. The molecule has 0 saturated heterocycles. The normalized spacial score (nSPS) is 10.9. The van der Waals surface area contributed by atoms with Crippen molar-refractivity contribution in [2.24, 2.45) is 0 Å². The van der Waals surface area contributed by atoms with Crippen molar-refractivity contribution >= 4 is 23.4 Å². The zero-order chi connectivity index (χ0) is 13.1. The van der Waals surface area contributed by atoms with Gasteiger partial charge >= 0.3 is 0 Å². The fourth-order valence-corrected chi connectivity index (χ4v) is 2.84. The lowest BCUT2D eigenvalue weighted by molar-refractivity contribution is 0.267. The van der Waals surface area contributed by atoms with Gasteiger partial charge < -0.3 is 5.11 Å². The Balaban J connectivity index is 2.26. The Bertz CT molecular complexity index is 537. The number of nitrogens with zero attached hydrogens (tertiary/aromatic N) is 2. The number of hydrogen-bond acceptors (Lipinski definition) is 3. The highest BCUT2D eigenvalue weighted by atomic mass is 35.5. The third kappa shape index (κ3) is 2.88. The molecule has 96 valence electrons. The summed E-state index contributed by atoms with van der Waals surface area (Å²) in [5.74, 6) is 0. The number of aromatic nitrogens is 2. The second-order valence-electron chi connectivity index (χ2n) is 4.00. The van der Waals surface area contributed by atoms with Crippen LogP contribution in [0.1, 0.15) is 11.4 Å². The number of hydrogen-bond donors (Lipinski definition) is 1. The van der Waals surface area contributed by atoms with E-state index in [0.717, 1.165) is 26.2 Å². The molecule has 0 unspecified atom stereocenters. The molecule has 2 aromatic rings. The molecule has 0 fully saturated rings. The zero-order valence-electron chi connectivity index (χ0n) is 10.4. The first-order valence-electron chi connectivity index (χ1n) is 5.70. The number of rotatable bonds is 4. The predicted octanol–water partition coefficient (Wildman–Crippen LogP) is 3.30. The van der Waals surface area contributed by atoms with Crippen LogP contribution in [0.5, 0.6) is 0 Å². The molecule has 1 heterocycles. The smallest absolute Gasteiger partial charge is 0.0735 e. The SMILES string of the molecule is Cc1nn(CCO)c(C)c1Sc1ccc(Cl)cc1. The summed E-state index contributed by atoms with van der Waals surface area (Å²) < 4.78 is 1.84. The van der Waals surface area contributed by atoms with Crippen molar-refractivity contribution in [1.29, 1.82) is 0 Å². The van der Waals surface area contributed by atoms with E-state index in [9.17, 15) is 0 Å². The van der Waals surface area contributed by atoms with Gasteiger partial charge in [-0.15, -0.1) is 0 Å². The summed E-state index contributed by atoms with van der Waals surface area (Å²) in [6.45, 7) is 4.65. The Morgan fingerprint density at radius 3 is 2.56 bits per heavy atom. The highest BCUT2D eigenvalue weighted by molar-refractivity contribution is 7.99. The first-order chi connectivity index (χ1) is 8.61. The molecular weight excluding hydrogens is 268 g/mol. The van der Waals surface area contributed by atoms with Gasteiger partial charge in [0.2, 0.25) is 0 Å². The summed E-state index contributed by atoms with van der Waals surface area (Å²) in [6, 6.07) is 7.75. The molecule has 0 bridgehead atoms. The first kappa shape index (κ1) is 13.5. The summed E-state index contributed by atoms with van der Waals surface area (Å²) in [6.07, 6.45) is 0. The van der Waals surface area contributed by atoms with Crippen LogP contribution in [0.3, 0.4) is 0 Å². The van der Waals surface area contributed by atoms with Crippen LogP contribution in [0, 0.1) is 13.8 Å². The zero-order valence-corrected chi connectivity index (χ0v) is 11.9. The number of aliphatic hydroxyl groups is 1. The average Bonchev–Trinajstić information content (AvgIpc) is 2.60. The number of aryl methyl sites for hydroxylation is 1. The minimum atomic E-state index is 0.104. The molecule has 0 saturated carbocycles. The van der Waals surface area contributed by atoms with Gasteiger partial charge in [0.05, 0.1) is 23.7 Å². The lowest BCUT2D eigenvalue weighted by Crippen LogP contribution is -2.05. The van der Waals surface area contributed by atoms with Crippen LogP contribution in [0.2, 0.25) is 5.02 Å². The molecule has 1 aromatic heterocycles. The van der Waals surface area contributed by atoms with Crippen molar-refractivity contribution in [3.63, 3.8) is 0 Å². The lowest BCUT2D eigenvalue weighted by atomic mass is 10.4. The van der Waals surface area contributed by atoms with E-state index in [0.29, 0.717) is 6.54 Å². The Morgan fingerprint density at radius 1 is 1.28 bits per heavy atom. The molecular formula is C13H15ClN2OS. The number of benzene rings is 1. The maximum atomic E-state index is 8.98. The third-order valence-corrected chi connectivity index (χ3v) is 4.22. The molecule has 0 radical (unpaired) electrons. The molecule has 2 rings (SSSR count). The fraction of sp³-hybridized carbons (Fsp3) is 0.308. The van der Waals surface area contributed by atoms with E-state index in [2.05, 4.69) is 5.10 Å². The van der Waals surface area contributed by atoms with Gasteiger partial charge in [-0.2, -0.15) is 5.10 Å². The van der Waals surface area contributed by atoms with Crippen molar-refractivity contribution in [3.8, 4) is 0 Å².